The van der Waals surface area contributed by atoms with Crippen LogP contribution in [0.5, 0.6) is 11.5 Å². The zero-order valence-electron chi connectivity index (χ0n) is 20.6. The van der Waals surface area contributed by atoms with Gasteiger partial charge in [-0.3, -0.25) is 4.79 Å². The summed E-state index contributed by atoms with van der Waals surface area (Å²) in [4.78, 5) is 16.4. The van der Waals surface area contributed by atoms with E-state index in [4.69, 9.17) is 20.4 Å². The third kappa shape index (κ3) is 4.78. The Morgan fingerprint density at radius 2 is 1.56 bits per heavy atom. The van der Waals surface area contributed by atoms with Gasteiger partial charge in [-0.15, -0.1) is 0 Å². The molecule has 0 fully saturated rings. The standard InChI is InChI=1S/C27H27N3O2.C2H4O2/c1-16-18-7-3-5-9-21(18)29-26(16)25(17-11-12-23(31)24(15-17)32-2)27-20(13-14-28)19-8-4-6-10-22(19)30-27;1-2(3)4/h3-12,15,25,29-31H,13-14,28H2,1-2H3;1H3,(H,3,4). The van der Waals surface area contributed by atoms with Crippen molar-refractivity contribution in [2.45, 2.75) is 26.2 Å². The van der Waals surface area contributed by atoms with Crippen LogP contribution in [-0.2, 0) is 11.2 Å². The molecule has 5 aromatic rings. The molecule has 36 heavy (non-hydrogen) atoms. The number of carboxylic acid groups (broad SMARTS) is 1. The van der Waals surface area contributed by atoms with Crippen LogP contribution in [0.2, 0.25) is 0 Å². The highest BCUT2D eigenvalue weighted by atomic mass is 16.5. The molecule has 0 bridgehead atoms. The molecule has 7 nitrogen and oxygen atoms in total. The molecule has 2 heterocycles. The lowest BCUT2D eigenvalue weighted by Gasteiger charge is -2.20. The van der Waals surface area contributed by atoms with Crippen molar-refractivity contribution in [2.24, 2.45) is 5.73 Å². The first-order valence-electron chi connectivity index (χ1n) is 11.8. The minimum atomic E-state index is -0.833. The summed E-state index contributed by atoms with van der Waals surface area (Å²) in [7, 11) is 1.57. The van der Waals surface area contributed by atoms with Gasteiger partial charge >= 0.3 is 0 Å². The Bertz CT molecular complexity index is 1510. The number of aliphatic carboxylic acids is 1. The van der Waals surface area contributed by atoms with Crippen LogP contribution >= 0.6 is 0 Å². The molecule has 3 aromatic carbocycles. The smallest absolute Gasteiger partial charge is 0.300 e. The third-order valence-electron chi connectivity index (χ3n) is 6.36. The van der Waals surface area contributed by atoms with Crippen molar-refractivity contribution in [1.29, 1.82) is 0 Å². The Morgan fingerprint density at radius 1 is 0.972 bits per heavy atom. The highest BCUT2D eigenvalue weighted by Crippen LogP contribution is 2.41. The zero-order chi connectivity index (χ0) is 25.8. The molecule has 0 amide bonds. The number of hydrogen-bond acceptors (Lipinski definition) is 4. The Kier molecular flexibility index (Phi) is 7.31. The molecule has 0 aliphatic carbocycles. The SMILES string of the molecule is CC(=O)O.COc1cc(C(c2[nH]c3ccccc3c2C)c2[nH]c3ccccc3c2CCN)ccc1O. The van der Waals surface area contributed by atoms with E-state index >= 15 is 0 Å². The van der Waals surface area contributed by atoms with Gasteiger partial charge in [-0.05, 0) is 60.8 Å². The molecule has 7 heteroatoms. The number of aromatic amines is 2. The Hall–Kier alpha value is -4.23. The first-order valence-corrected chi connectivity index (χ1v) is 11.8. The molecule has 2 aromatic heterocycles. The van der Waals surface area contributed by atoms with Gasteiger partial charge in [-0.25, -0.2) is 0 Å². The predicted molar refractivity (Wildman–Crippen MR) is 143 cm³/mol. The van der Waals surface area contributed by atoms with Gasteiger partial charge in [0, 0.05) is 40.1 Å². The van der Waals surface area contributed by atoms with Gasteiger partial charge in [-0.1, -0.05) is 42.5 Å². The quantitative estimate of drug-likeness (QED) is 0.219. The summed E-state index contributed by atoms with van der Waals surface area (Å²) in [5.41, 5.74) is 13.9. The average Bonchev–Trinajstić information content (AvgIpc) is 3.38. The Balaban J connectivity index is 0.000000709. The van der Waals surface area contributed by atoms with Crippen LogP contribution < -0.4 is 10.5 Å². The number of H-pyrrole nitrogens is 2. The highest BCUT2D eigenvalue weighted by Gasteiger charge is 2.27. The van der Waals surface area contributed by atoms with E-state index in [1.807, 2.05) is 24.3 Å². The molecule has 5 rings (SSSR count). The number of fused-ring (bicyclic) bond motifs is 2. The lowest BCUT2D eigenvalue weighted by molar-refractivity contribution is -0.134. The summed E-state index contributed by atoms with van der Waals surface area (Å²) in [6.45, 7) is 3.80. The van der Waals surface area contributed by atoms with Gasteiger partial charge in [0.15, 0.2) is 11.5 Å². The first kappa shape index (κ1) is 24.9. The molecular formula is C29H31N3O4. The van der Waals surface area contributed by atoms with Crippen molar-refractivity contribution in [1.82, 2.24) is 9.97 Å². The molecular weight excluding hydrogens is 454 g/mol. The fourth-order valence-electron chi connectivity index (χ4n) is 4.82. The average molecular weight is 486 g/mol. The zero-order valence-corrected chi connectivity index (χ0v) is 20.6. The maximum absolute atomic E-state index is 10.2. The second-order valence-corrected chi connectivity index (χ2v) is 8.69. The van der Waals surface area contributed by atoms with Crippen LogP contribution in [-0.4, -0.2) is 39.8 Å². The number of phenolic OH excluding ortho intramolecular Hbond substituents is 1. The number of nitrogens with one attached hydrogen (secondary N) is 2. The van der Waals surface area contributed by atoms with Crippen molar-refractivity contribution in [3.8, 4) is 11.5 Å². The van der Waals surface area contributed by atoms with Crippen LogP contribution in [0.4, 0.5) is 0 Å². The summed E-state index contributed by atoms with van der Waals surface area (Å²) in [6.07, 6.45) is 0.768. The third-order valence-corrected chi connectivity index (χ3v) is 6.36. The van der Waals surface area contributed by atoms with Crippen molar-refractivity contribution in [2.75, 3.05) is 13.7 Å². The second kappa shape index (κ2) is 10.6. The van der Waals surface area contributed by atoms with Crippen LogP contribution in [0.1, 0.15) is 40.9 Å². The van der Waals surface area contributed by atoms with Crippen molar-refractivity contribution in [3.05, 3.63) is 94.8 Å². The Morgan fingerprint density at radius 3 is 2.17 bits per heavy atom. The van der Waals surface area contributed by atoms with E-state index in [2.05, 4.69) is 53.3 Å². The fraction of sp³-hybridized carbons (Fsp3) is 0.207. The number of carbonyl (C=O) groups is 1. The number of aryl methyl sites for hydroxylation is 1. The number of para-hydroxylation sites is 2. The number of methoxy groups -OCH3 is 1. The molecule has 0 aliphatic heterocycles. The predicted octanol–water partition coefficient (Wildman–Crippen LogP) is 5.44. The number of ether oxygens (including phenoxy) is 1. The number of phenols is 1. The number of carboxylic acids is 1. The van der Waals surface area contributed by atoms with E-state index in [1.54, 1.807) is 13.2 Å². The minimum absolute atomic E-state index is 0.106. The lowest BCUT2D eigenvalue weighted by Crippen LogP contribution is -2.11. The summed E-state index contributed by atoms with van der Waals surface area (Å²) < 4.78 is 5.44. The van der Waals surface area contributed by atoms with Crippen molar-refractivity contribution in [3.63, 3.8) is 0 Å². The molecule has 0 saturated heterocycles. The number of hydrogen-bond donors (Lipinski definition) is 5. The molecule has 1 unspecified atom stereocenters. The molecule has 186 valence electrons. The van der Waals surface area contributed by atoms with Crippen LogP contribution in [0.3, 0.4) is 0 Å². The van der Waals surface area contributed by atoms with E-state index < -0.39 is 5.97 Å². The van der Waals surface area contributed by atoms with E-state index in [9.17, 15) is 5.11 Å². The van der Waals surface area contributed by atoms with Gasteiger partial charge < -0.3 is 30.7 Å². The van der Waals surface area contributed by atoms with E-state index in [0.29, 0.717) is 12.3 Å². The normalized spacial score (nSPS) is 11.8. The number of aromatic nitrogens is 2. The lowest BCUT2D eigenvalue weighted by atomic mass is 9.87. The molecule has 0 radical (unpaired) electrons. The summed E-state index contributed by atoms with van der Waals surface area (Å²) in [5, 5.41) is 20.0. The molecule has 6 N–H and O–H groups in total. The largest absolute Gasteiger partial charge is 0.504 e. The van der Waals surface area contributed by atoms with E-state index in [0.717, 1.165) is 41.3 Å². The maximum Gasteiger partial charge on any atom is 0.300 e. The number of nitrogens with two attached hydrogens (primary N) is 1. The van der Waals surface area contributed by atoms with E-state index in [-0.39, 0.29) is 11.7 Å². The molecule has 0 saturated carbocycles. The maximum atomic E-state index is 10.2. The van der Waals surface area contributed by atoms with Crippen LogP contribution in [0, 0.1) is 6.92 Å². The van der Waals surface area contributed by atoms with E-state index in [1.165, 1.54) is 21.9 Å². The van der Waals surface area contributed by atoms with Gasteiger partial charge in [0.05, 0.1) is 13.0 Å². The van der Waals surface area contributed by atoms with Gasteiger partial charge in [0.2, 0.25) is 0 Å². The topological polar surface area (TPSA) is 124 Å². The van der Waals surface area contributed by atoms with Gasteiger partial charge in [-0.2, -0.15) is 0 Å². The first-order chi connectivity index (χ1) is 17.3. The van der Waals surface area contributed by atoms with Crippen molar-refractivity contribution >= 4 is 27.8 Å². The van der Waals surface area contributed by atoms with Gasteiger partial charge in [0.25, 0.3) is 5.97 Å². The molecule has 0 spiro atoms. The Labute approximate surface area is 209 Å². The molecule has 0 aliphatic rings. The number of benzene rings is 3. The van der Waals surface area contributed by atoms with Gasteiger partial charge in [0.1, 0.15) is 0 Å². The van der Waals surface area contributed by atoms with Crippen LogP contribution in [0.25, 0.3) is 21.8 Å². The fourth-order valence-corrected chi connectivity index (χ4v) is 4.82. The monoisotopic (exact) mass is 485 g/mol. The summed E-state index contributed by atoms with van der Waals surface area (Å²) >= 11 is 0. The van der Waals surface area contributed by atoms with Crippen molar-refractivity contribution < 1.29 is 19.7 Å². The summed E-state index contributed by atoms with van der Waals surface area (Å²) in [5.74, 6) is -0.356. The van der Waals surface area contributed by atoms with Crippen LogP contribution in [0.15, 0.2) is 66.7 Å². The second-order valence-electron chi connectivity index (χ2n) is 8.69. The number of aromatic hydroxyl groups is 1. The number of rotatable bonds is 6. The highest BCUT2D eigenvalue weighted by molar-refractivity contribution is 5.87. The summed E-state index contributed by atoms with van der Waals surface area (Å²) in [6, 6.07) is 22.3. The molecule has 1 atom stereocenters. The minimum Gasteiger partial charge on any atom is -0.504 e.